The Morgan fingerprint density at radius 1 is 1.26 bits per heavy atom. The summed E-state index contributed by atoms with van der Waals surface area (Å²) >= 11 is 6.05. The van der Waals surface area contributed by atoms with Crippen molar-refractivity contribution in [3.8, 4) is 5.75 Å². The average Bonchev–Trinajstić information content (AvgIpc) is 3.19. The van der Waals surface area contributed by atoms with Gasteiger partial charge in [0.25, 0.3) is 0 Å². The number of benzene rings is 1. The van der Waals surface area contributed by atoms with Gasteiger partial charge in [-0.2, -0.15) is 0 Å². The summed E-state index contributed by atoms with van der Waals surface area (Å²) in [6.45, 7) is 1.98. The molecule has 0 saturated carbocycles. The van der Waals surface area contributed by atoms with E-state index in [1.165, 1.54) is 6.07 Å². The Bertz CT molecular complexity index is 917. The molecule has 1 N–H and O–H groups in total. The minimum atomic E-state index is -0.536. The highest BCUT2D eigenvalue weighted by atomic mass is 35.5. The van der Waals surface area contributed by atoms with Crippen LogP contribution in [-0.2, 0) is 16.0 Å². The molecule has 1 atom stereocenters. The molecular formula is C18H17ClFN3O4. The van der Waals surface area contributed by atoms with E-state index in [-0.39, 0.29) is 29.3 Å². The van der Waals surface area contributed by atoms with Crippen LogP contribution in [0.25, 0.3) is 10.9 Å². The molecule has 1 fully saturated rings. The summed E-state index contributed by atoms with van der Waals surface area (Å²) < 4.78 is 36.2. The van der Waals surface area contributed by atoms with Gasteiger partial charge >= 0.3 is 0 Å². The fraction of sp³-hybridized carbons (Fsp3) is 0.333. The lowest BCUT2D eigenvalue weighted by Crippen LogP contribution is -2.33. The largest absolute Gasteiger partial charge is 0.485 e. The first kappa shape index (κ1) is 18.0. The summed E-state index contributed by atoms with van der Waals surface area (Å²) in [5.41, 5.74) is 0.286. The Kier molecular flexibility index (Phi) is 5.38. The predicted molar refractivity (Wildman–Crippen MR) is 96.6 cm³/mol. The minimum Gasteiger partial charge on any atom is -0.485 e. The average molecular weight is 394 g/mol. The number of hydrogen-bond donors (Lipinski definition) is 1. The first-order valence-corrected chi connectivity index (χ1v) is 8.82. The van der Waals surface area contributed by atoms with Crippen LogP contribution in [0.1, 0.15) is 5.76 Å². The topological polar surface area (TPSA) is 78.6 Å². The van der Waals surface area contributed by atoms with Crippen molar-refractivity contribution in [1.29, 1.82) is 0 Å². The van der Waals surface area contributed by atoms with Crippen molar-refractivity contribution < 1.29 is 23.0 Å². The van der Waals surface area contributed by atoms with Crippen molar-refractivity contribution in [2.24, 2.45) is 0 Å². The van der Waals surface area contributed by atoms with Crippen LogP contribution in [0.3, 0.4) is 0 Å². The molecule has 1 aromatic carbocycles. The molecule has 1 saturated heterocycles. The third-order valence-corrected chi connectivity index (χ3v) is 4.22. The monoisotopic (exact) mass is 393 g/mol. The summed E-state index contributed by atoms with van der Waals surface area (Å²) in [5.74, 6) is 0.660. The number of rotatable bonds is 6. The van der Waals surface area contributed by atoms with Gasteiger partial charge in [0.15, 0.2) is 11.6 Å². The number of nitrogens with one attached hydrogen (secondary N) is 1. The van der Waals surface area contributed by atoms with Crippen molar-refractivity contribution >= 4 is 28.3 Å². The molecule has 27 heavy (non-hydrogen) atoms. The van der Waals surface area contributed by atoms with Gasteiger partial charge in [-0.05, 0) is 35.9 Å². The van der Waals surface area contributed by atoms with E-state index in [0.717, 1.165) is 5.76 Å². The quantitative estimate of drug-likeness (QED) is 0.643. The molecule has 3 heterocycles. The molecule has 3 aromatic rings. The van der Waals surface area contributed by atoms with Crippen LogP contribution in [0.15, 0.2) is 34.9 Å². The van der Waals surface area contributed by atoms with Crippen LogP contribution in [0.5, 0.6) is 5.75 Å². The molecule has 0 amide bonds. The highest BCUT2D eigenvalue weighted by molar-refractivity contribution is 6.29. The van der Waals surface area contributed by atoms with Crippen LogP contribution < -0.4 is 10.1 Å². The van der Waals surface area contributed by atoms with E-state index < -0.39 is 5.82 Å². The Morgan fingerprint density at radius 3 is 2.96 bits per heavy atom. The fourth-order valence-corrected chi connectivity index (χ4v) is 2.95. The van der Waals surface area contributed by atoms with E-state index in [2.05, 4.69) is 15.3 Å². The van der Waals surface area contributed by atoms with Crippen molar-refractivity contribution in [2.45, 2.75) is 12.6 Å². The second-order valence-electron chi connectivity index (χ2n) is 5.93. The van der Waals surface area contributed by atoms with Crippen LogP contribution in [0, 0.1) is 5.82 Å². The SMILES string of the molecule is Fc1ccc2c(NCc3ccco3)nc(Cl)nc2c1OC[C@H]1COCCO1. The standard InChI is InChI=1S/C18H17ClFN3O4/c19-18-22-15-13(17(23-18)21-8-11-2-1-5-25-11)3-4-14(20)16(15)27-10-12-9-24-6-7-26-12/h1-5,12H,6-10H2,(H,21,22,23)/t12-/m1/s1. The van der Waals surface area contributed by atoms with Crippen molar-refractivity contribution in [2.75, 3.05) is 31.7 Å². The highest BCUT2D eigenvalue weighted by Crippen LogP contribution is 2.32. The van der Waals surface area contributed by atoms with Gasteiger partial charge in [0, 0.05) is 5.39 Å². The molecule has 142 valence electrons. The normalized spacial score (nSPS) is 17.2. The first-order chi connectivity index (χ1) is 13.2. The molecule has 0 spiro atoms. The summed E-state index contributed by atoms with van der Waals surface area (Å²) in [6, 6.07) is 6.52. The number of hydrogen-bond acceptors (Lipinski definition) is 7. The van der Waals surface area contributed by atoms with Crippen LogP contribution >= 0.6 is 11.6 Å². The van der Waals surface area contributed by atoms with Gasteiger partial charge in [0.05, 0.1) is 32.6 Å². The zero-order valence-electron chi connectivity index (χ0n) is 14.3. The van der Waals surface area contributed by atoms with Crippen LogP contribution in [-0.4, -0.2) is 42.5 Å². The Morgan fingerprint density at radius 2 is 2.19 bits per heavy atom. The second kappa shape index (κ2) is 8.08. The van der Waals surface area contributed by atoms with E-state index in [0.29, 0.717) is 37.6 Å². The predicted octanol–water partition coefficient (Wildman–Crippen LogP) is 3.42. The number of furan rings is 1. The zero-order valence-corrected chi connectivity index (χ0v) is 15.0. The van der Waals surface area contributed by atoms with Crippen molar-refractivity contribution in [1.82, 2.24) is 9.97 Å². The van der Waals surface area contributed by atoms with E-state index in [4.69, 9.17) is 30.2 Å². The summed E-state index contributed by atoms with van der Waals surface area (Å²) in [6.07, 6.45) is 1.32. The second-order valence-corrected chi connectivity index (χ2v) is 6.26. The fourth-order valence-electron chi connectivity index (χ4n) is 2.78. The van der Waals surface area contributed by atoms with Gasteiger partial charge in [-0.15, -0.1) is 0 Å². The van der Waals surface area contributed by atoms with Gasteiger partial charge in [0.1, 0.15) is 29.8 Å². The molecule has 0 unspecified atom stereocenters. The lowest BCUT2D eigenvalue weighted by atomic mass is 10.2. The molecule has 7 nitrogen and oxygen atoms in total. The molecular weight excluding hydrogens is 377 g/mol. The zero-order chi connectivity index (χ0) is 18.6. The van der Waals surface area contributed by atoms with Crippen LogP contribution in [0.4, 0.5) is 10.2 Å². The van der Waals surface area contributed by atoms with E-state index in [9.17, 15) is 4.39 Å². The summed E-state index contributed by atoms with van der Waals surface area (Å²) in [5, 5.41) is 3.70. The van der Waals surface area contributed by atoms with E-state index >= 15 is 0 Å². The third kappa shape index (κ3) is 4.13. The molecule has 9 heteroatoms. The first-order valence-electron chi connectivity index (χ1n) is 8.45. The number of halogens is 2. The Hall–Kier alpha value is -2.42. The molecule has 0 bridgehead atoms. The summed E-state index contributed by atoms with van der Waals surface area (Å²) in [4.78, 5) is 8.36. The number of fused-ring (bicyclic) bond motifs is 1. The van der Waals surface area contributed by atoms with Gasteiger partial charge in [-0.1, -0.05) is 0 Å². The minimum absolute atomic E-state index is 0.00650. The number of anilines is 1. The molecule has 0 radical (unpaired) electrons. The Balaban J connectivity index is 1.61. The van der Waals surface area contributed by atoms with E-state index in [1.54, 1.807) is 18.4 Å². The van der Waals surface area contributed by atoms with Gasteiger partial charge in [0.2, 0.25) is 5.28 Å². The lowest BCUT2D eigenvalue weighted by molar-refractivity contribution is -0.101. The highest BCUT2D eigenvalue weighted by Gasteiger charge is 2.19. The van der Waals surface area contributed by atoms with Crippen molar-refractivity contribution in [3.63, 3.8) is 0 Å². The number of aromatic nitrogens is 2. The van der Waals surface area contributed by atoms with Gasteiger partial charge in [-0.25, -0.2) is 14.4 Å². The molecule has 0 aliphatic carbocycles. The van der Waals surface area contributed by atoms with Crippen LogP contribution in [0.2, 0.25) is 5.28 Å². The number of nitrogens with zero attached hydrogens (tertiary/aromatic N) is 2. The third-order valence-electron chi connectivity index (χ3n) is 4.06. The van der Waals surface area contributed by atoms with Gasteiger partial charge in [-0.3, -0.25) is 0 Å². The van der Waals surface area contributed by atoms with E-state index in [1.807, 2.05) is 6.07 Å². The number of ether oxygens (including phenoxy) is 3. The molecule has 1 aliphatic heterocycles. The maximum atomic E-state index is 14.4. The molecule has 4 rings (SSSR count). The van der Waals surface area contributed by atoms with Crippen molar-refractivity contribution in [3.05, 3.63) is 47.4 Å². The lowest BCUT2D eigenvalue weighted by Gasteiger charge is -2.23. The maximum Gasteiger partial charge on any atom is 0.225 e. The Labute approximate surface area is 159 Å². The molecule has 2 aromatic heterocycles. The molecule has 1 aliphatic rings. The smallest absolute Gasteiger partial charge is 0.225 e. The maximum absolute atomic E-state index is 14.4. The van der Waals surface area contributed by atoms with Gasteiger partial charge < -0.3 is 23.9 Å². The summed E-state index contributed by atoms with van der Waals surface area (Å²) in [7, 11) is 0.